The van der Waals surface area contributed by atoms with E-state index >= 15 is 0 Å². The summed E-state index contributed by atoms with van der Waals surface area (Å²) in [4.78, 5) is 19.4. The van der Waals surface area contributed by atoms with E-state index in [1.807, 2.05) is 24.3 Å². The number of phenols is 1. The molecule has 2 aromatic carbocycles. The highest BCUT2D eigenvalue weighted by Crippen LogP contribution is 2.35. The Morgan fingerprint density at radius 3 is 2.81 bits per heavy atom. The van der Waals surface area contributed by atoms with Crippen LogP contribution in [0.15, 0.2) is 71.1 Å². The molecule has 0 radical (unpaired) electrons. The second-order valence-electron chi connectivity index (χ2n) is 5.47. The summed E-state index contributed by atoms with van der Waals surface area (Å²) in [6.45, 7) is 4.07. The van der Waals surface area contributed by atoms with Gasteiger partial charge in [-0.05, 0) is 36.0 Å². The van der Waals surface area contributed by atoms with Crippen molar-refractivity contribution in [3.8, 4) is 11.5 Å². The van der Waals surface area contributed by atoms with E-state index < -0.39 is 0 Å². The van der Waals surface area contributed by atoms with Crippen LogP contribution >= 0.6 is 11.8 Å². The minimum absolute atomic E-state index is 0.126. The summed E-state index contributed by atoms with van der Waals surface area (Å²) in [5.41, 5.74) is 1.40. The standard InChI is InChI=1S/C20H18N2O3S/c1-3-11-22-19(24)18(12-14-7-4-5-10-17(14)25-2)26-20(22)21-15-8-6-9-16(23)13-15/h3-10,12-13,23H,1,11H2,2H3/b18-12-,21-20?. The first-order chi connectivity index (χ1) is 12.6. The first-order valence-electron chi connectivity index (χ1n) is 7.95. The fraction of sp³-hybridized carbons (Fsp3) is 0.100. The third-order valence-corrected chi connectivity index (χ3v) is 4.69. The largest absolute Gasteiger partial charge is 0.508 e. The second-order valence-corrected chi connectivity index (χ2v) is 6.48. The number of thioether (sulfide) groups is 1. The van der Waals surface area contributed by atoms with Crippen LogP contribution in [0.4, 0.5) is 5.69 Å². The third kappa shape index (κ3) is 3.81. The van der Waals surface area contributed by atoms with Crippen molar-refractivity contribution in [2.45, 2.75) is 0 Å². The molecule has 5 nitrogen and oxygen atoms in total. The summed E-state index contributed by atoms with van der Waals surface area (Å²) in [6, 6.07) is 14.1. The lowest BCUT2D eigenvalue weighted by molar-refractivity contribution is -0.121. The van der Waals surface area contributed by atoms with E-state index in [1.165, 1.54) is 11.8 Å². The molecular weight excluding hydrogens is 348 g/mol. The number of aromatic hydroxyl groups is 1. The first kappa shape index (κ1) is 17.8. The minimum atomic E-state index is -0.139. The number of aliphatic imine (C=N–C) groups is 1. The Morgan fingerprint density at radius 1 is 1.27 bits per heavy atom. The molecule has 1 N–H and O–H groups in total. The van der Waals surface area contributed by atoms with Crippen LogP contribution in [0.25, 0.3) is 6.08 Å². The molecule has 2 aromatic rings. The zero-order valence-corrected chi connectivity index (χ0v) is 15.1. The van der Waals surface area contributed by atoms with Crippen LogP contribution in [0.3, 0.4) is 0 Å². The molecule has 132 valence electrons. The van der Waals surface area contributed by atoms with Gasteiger partial charge in [-0.15, -0.1) is 6.58 Å². The number of rotatable bonds is 5. The quantitative estimate of drug-likeness (QED) is 0.637. The molecule has 1 aliphatic heterocycles. The van der Waals surface area contributed by atoms with E-state index in [1.54, 1.807) is 48.4 Å². The smallest absolute Gasteiger partial charge is 0.267 e. The number of ether oxygens (including phenoxy) is 1. The topological polar surface area (TPSA) is 62.1 Å². The van der Waals surface area contributed by atoms with Crippen molar-refractivity contribution in [3.63, 3.8) is 0 Å². The molecule has 1 saturated heterocycles. The van der Waals surface area contributed by atoms with Crippen LogP contribution in [0.1, 0.15) is 5.56 Å². The van der Waals surface area contributed by atoms with Gasteiger partial charge in [0.1, 0.15) is 11.5 Å². The molecule has 0 aromatic heterocycles. The molecule has 1 amide bonds. The Morgan fingerprint density at radius 2 is 2.08 bits per heavy atom. The summed E-state index contributed by atoms with van der Waals surface area (Å²) < 4.78 is 5.35. The van der Waals surface area contributed by atoms with E-state index in [4.69, 9.17) is 4.74 Å². The fourth-order valence-electron chi connectivity index (χ4n) is 2.48. The van der Waals surface area contributed by atoms with Gasteiger partial charge < -0.3 is 9.84 Å². The highest BCUT2D eigenvalue weighted by molar-refractivity contribution is 8.18. The number of para-hydroxylation sites is 1. The Balaban J connectivity index is 1.98. The molecule has 0 spiro atoms. The molecule has 6 heteroatoms. The molecule has 0 saturated carbocycles. The molecule has 26 heavy (non-hydrogen) atoms. The zero-order chi connectivity index (χ0) is 18.5. The molecule has 1 heterocycles. The Bertz CT molecular complexity index is 905. The number of amidine groups is 1. The number of amides is 1. The van der Waals surface area contributed by atoms with Crippen LogP contribution < -0.4 is 4.74 Å². The van der Waals surface area contributed by atoms with Gasteiger partial charge in [-0.2, -0.15) is 0 Å². The highest BCUT2D eigenvalue weighted by atomic mass is 32.2. The van der Waals surface area contributed by atoms with Crippen molar-refractivity contribution in [3.05, 3.63) is 71.7 Å². The van der Waals surface area contributed by atoms with Crippen LogP contribution in [0.5, 0.6) is 11.5 Å². The van der Waals surface area contributed by atoms with Crippen molar-refractivity contribution >= 4 is 34.6 Å². The molecule has 0 unspecified atom stereocenters. The predicted molar refractivity (Wildman–Crippen MR) is 106 cm³/mol. The molecular formula is C20H18N2O3S. The molecule has 1 fully saturated rings. The van der Waals surface area contributed by atoms with Gasteiger partial charge in [0.25, 0.3) is 5.91 Å². The Labute approximate surface area is 156 Å². The maximum atomic E-state index is 12.8. The maximum Gasteiger partial charge on any atom is 0.267 e. The van der Waals surface area contributed by atoms with Crippen molar-refractivity contribution in [1.29, 1.82) is 0 Å². The van der Waals surface area contributed by atoms with E-state index in [2.05, 4.69) is 11.6 Å². The number of hydrogen-bond donors (Lipinski definition) is 1. The number of phenolic OH excluding ortho intramolecular Hbond substituents is 1. The predicted octanol–water partition coefficient (Wildman–Crippen LogP) is 4.19. The van der Waals surface area contributed by atoms with Crippen molar-refractivity contribution in [1.82, 2.24) is 4.90 Å². The molecule has 0 bridgehead atoms. The summed E-state index contributed by atoms with van der Waals surface area (Å²) in [5, 5.41) is 10.2. The molecule has 1 aliphatic rings. The molecule has 0 atom stereocenters. The average molecular weight is 366 g/mol. The highest BCUT2D eigenvalue weighted by Gasteiger charge is 2.32. The van der Waals surface area contributed by atoms with Crippen molar-refractivity contribution < 1.29 is 14.6 Å². The van der Waals surface area contributed by atoms with Gasteiger partial charge in [-0.25, -0.2) is 4.99 Å². The normalized spacial score (nSPS) is 17.1. The number of carbonyl (C=O) groups is 1. The van der Waals surface area contributed by atoms with E-state index in [0.717, 1.165) is 5.56 Å². The number of methoxy groups -OCH3 is 1. The van der Waals surface area contributed by atoms with Crippen LogP contribution in [-0.4, -0.2) is 34.7 Å². The Hall–Kier alpha value is -2.99. The van der Waals surface area contributed by atoms with Gasteiger partial charge in [0.2, 0.25) is 0 Å². The number of hydrogen-bond acceptors (Lipinski definition) is 5. The molecule has 3 rings (SSSR count). The van der Waals surface area contributed by atoms with Crippen LogP contribution in [0, 0.1) is 0 Å². The third-order valence-electron chi connectivity index (χ3n) is 3.68. The van der Waals surface area contributed by atoms with Gasteiger partial charge in [-0.1, -0.05) is 30.3 Å². The molecule has 0 aliphatic carbocycles. The van der Waals surface area contributed by atoms with Gasteiger partial charge >= 0.3 is 0 Å². The van der Waals surface area contributed by atoms with Crippen LogP contribution in [0.2, 0.25) is 0 Å². The van der Waals surface area contributed by atoms with Crippen LogP contribution in [-0.2, 0) is 4.79 Å². The van der Waals surface area contributed by atoms with Crippen molar-refractivity contribution in [2.24, 2.45) is 4.99 Å². The van der Waals surface area contributed by atoms with Gasteiger partial charge in [0.15, 0.2) is 5.17 Å². The number of nitrogens with zero attached hydrogens (tertiary/aromatic N) is 2. The summed E-state index contributed by atoms with van der Waals surface area (Å²) in [6.07, 6.45) is 3.45. The second kappa shape index (κ2) is 7.93. The van der Waals surface area contributed by atoms with Gasteiger partial charge in [-0.3, -0.25) is 9.69 Å². The zero-order valence-electron chi connectivity index (χ0n) is 14.3. The summed E-state index contributed by atoms with van der Waals surface area (Å²) >= 11 is 1.28. The minimum Gasteiger partial charge on any atom is -0.508 e. The SMILES string of the molecule is C=CCN1C(=O)/C(=C/c2ccccc2OC)SC1=Nc1cccc(O)c1. The van der Waals surface area contributed by atoms with Crippen molar-refractivity contribution in [2.75, 3.05) is 13.7 Å². The summed E-state index contributed by atoms with van der Waals surface area (Å²) in [7, 11) is 1.60. The number of benzene rings is 2. The lowest BCUT2D eigenvalue weighted by atomic mass is 10.2. The maximum absolute atomic E-state index is 12.8. The van der Waals surface area contributed by atoms with E-state index in [9.17, 15) is 9.90 Å². The van der Waals surface area contributed by atoms with E-state index in [-0.39, 0.29) is 11.7 Å². The summed E-state index contributed by atoms with van der Waals surface area (Å²) in [5.74, 6) is 0.683. The first-order valence-corrected chi connectivity index (χ1v) is 8.77. The number of carbonyl (C=O) groups excluding carboxylic acids is 1. The van der Waals surface area contributed by atoms with E-state index in [0.29, 0.717) is 28.1 Å². The monoisotopic (exact) mass is 366 g/mol. The fourth-order valence-corrected chi connectivity index (χ4v) is 3.48. The Kier molecular flexibility index (Phi) is 5.43. The van der Waals surface area contributed by atoms with Gasteiger partial charge in [0, 0.05) is 18.2 Å². The average Bonchev–Trinajstić information content (AvgIpc) is 2.91. The lowest BCUT2D eigenvalue weighted by Gasteiger charge is -2.12. The van der Waals surface area contributed by atoms with Gasteiger partial charge in [0.05, 0.1) is 17.7 Å². The lowest BCUT2D eigenvalue weighted by Crippen LogP contribution is -2.29.